The van der Waals surface area contributed by atoms with E-state index in [0.29, 0.717) is 23.0 Å². The number of carbonyl (C=O) groups excluding carboxylic acids is 1. The van der Waals surface area contributed by atoms with E-state index < -0.39 is 11.0 Å². The zero-order valence-corrected chi connectivity index (χ0v) is 12.7. The van der Waals surface area contributed by atoms with E-state index in [9.17, 15) is 14.9 Å². The zero-order chi connectivity index (χ0) is 16.8. The van der Waals surface area contributed by atoms with Gasteiger partial charge in [0.05, 0.1) is 16.3 Å². The van der Waals surface area contributed by atoms with Crippen molar-refractivity contribution < 1.29 is 14.5 Å². The third kappa shape index (κ3) is 2.10. The number of benzene rings is 2. The maximum absolute atomic E-state index is 12.7. The average Bonchev–Trinajstić information content (AvgIpc) is 2.89. The number of rotatable bonds is 2. The van der Waals surface area contributed by atoms with E-state index in [4.69, 9.17) is 4.74 Å². The fraction of sp³-hybridized carbons (Fsp3) is 0.118. The van der Waals surface area contributed by atoms with Crippen LogP contribution in [0.25, 0.3) is 0 Å². The highest BCUT2D eigenvalue weighted by Crippen LogP contribution is 2.41. The standard InChI is InChI=1S/C17H13N3O4/c1-9-4-2-3-5-11(9)16-15(21)14-17(24-16)19-13-8-10(20(22)23)6-7-12(13)18-14/h2-8,16,18-19H,1H3/t16-/m0/s1. The minimum Gasteiger partial charge on any atom is -0.461 e. The van der Waals surface area contributed by atoms with Gasteiger partial charge in [0, 0.05) is 17.7 Å². The average molecular weight is 323 g/mol. The molecule has 0 unspecified atom stereocenters. The van der Waals surface area contributed by atoms with E-state index in [1.807, 2.05) is 31.2 Å². The van der Waals surface area contributed by atoms with E-state index in [1.54, 1.807) is 6.07 Å². The second-order valence-corrected chi connectivity index (χ2v) is 5.66. The van der Waals surface area contributed by atoms with Crippen molar-refractivity contribution >= 4 is 22.8 Å². The number of anilines is 2. The van der Waals surface area contributed by atoms with Gasteiger partial charge in [-0.2, -0.15) is 0 Å². The van der Waals surface area contributed by atoms with Gasteiger partial charge in [0.1, 0.15) is 5.70 Å². The van der Waals surface area contributed by atoms with Crippen molar-refractivity contribution in [2.45, 2.75) is 13.0 Å². The Morgan fingerprint density at radius 1 is 1.12 bits per heavy atom. The van der Waals surface area contributed by atoms with Gasteiger partial charge in [0.2, 0.25) is 11.7 Å². The quantitative estimate of drug-likeness (QED) is 0.651. The molecule has 2 aliphatic heterocycles. The van der Waals surface area contributed by atoms with Gasteiger partial charge in [-0.3, -0.25) is 14.9 Å². The number of aryl methyl sites for hydroxylation is 1. The summed E-state index contributed by atoms with van der Waals surface area (Å²) < 4.78 is 5.79. The van der Waals surface area contributed by atoms with Crippen LogP contribution >= 0.6 is 0 Å². The van der Waals surface area contributed by atoms with Crippen molar-refractivity contribution in [3.63, 3.8) is 0 Å². The summed E-state index contributed by atoms with van der Waals surface area (Å²) in [5, 5.41) is 16.9. The molecular weight excluding hydrogens is 310 g/mol. The Kier molecular flexibility index (Phi) is 3.02. The van der Waals surface area contributed by atoms with Crippen LogP contribution in [0.15, 0.2) is 54.0 Å². The van der Waals surface area contributed by atoms with Gasteiger partial charge in [-0.25, -0.2) is 0 Å². The largest absolute Gasteiger partial charge is 0.461 e. The lowest BCUT2D eigenvalue weighted by atomic mass is 10.00. The number of non-ortho nitro benzene ring substituents is 1. The van der Waals surface area contributed by atoms with Gasteiger partial charge >= 0.3 is 0 Å². The molecule has 1 atom stereocenters. The van der Waals surface area contributed by atoms with Crippen molar-refractivity contribution in [3.8, 4) is 0 Å². The molecule has 2 aliphatic rings. The summed E-state index contributed by atoms with van der Waals surface area (Å²) in [5.41, 5.74) is 3.17. The molecule has 0 bridgehead atoms. The summed E-state index contributed by atoms with van der Waals surface area (Å²) in [6.45, 7) is 1.92. The third-order valence-corrected chi connectivity index (χ3v) is 4.14. The summed E-state index contributed by atoms with van der Waals surface area (Å²) in [4.78, 5) is 23.1. The summed E-state index contributed by atoms with van der Waals surface area (Å²) in [6.07, 6.45) is -0.722. The van der Waals surface area contributed by atoms with Gasteiger partial charge in [-0.15, -0.1) is 0 Å². The Bertz CT molecular complexity index is 920. The maximum atomic E-state index is 12.7. The minimum absolute atomic E-state index is 0.0353. The van der Waals surface area contributed by atoms with Crippen LogP contribution in [0, 0.1) is 17.0 Å². The first-order chi connectivity index (χ1) is 11.5. The molecule has 0 saturated carbocycles. The van der Waals surface area contributed by atoms with Crippen LogP contribution in [0.4, 0.5) is 17.1 Å². The molecule has 0 saturated heterocycles. The number of nitro benzene ring substituents is 1. The normalized spacial score (nSPS) is 18.2. The molecule has 2 aromatic carbocycles. The van der Waals surface area contributed by atoms with Crippen LogP contribution in [-0.2, 0) is 9.53 Å². The summed E-state index contributed by atoms with van der Waals surface area (Å²) in [7, 11) is 0. The predicted molar refractivity (Wildman–Crippen MR) is 87.4 cm³/mol. The third-order valence-electron chi connectivity index (χ3n) is 4.14. The number of hydrogen-bond donors (Lipinski definition) is 2. The first-order valence-electron chi connectivity index (χ1n) is 7.38. The van der Waals surface area contributed by atoms with Crippen LogP contribution in [0.1, 0.15) is 17.2 Å². The van der Waals surface area contributed by atoms with Crippen LogP contribution < -0.4 is 10.6 Å². The van der Waals surface area contributed by atoms with Crippen LogP contribution in [-0.4, -0.2) is 10.7 Å². The number of nitrogens with one attached hydrogen (secondary N) is 2. The molecule has 4 rings (SSSR count). The van der Waals surface area contributed by atoms with Gasteiger partial charge in [-0.05, 0) is 18.6 Å². The molecule has 120 valence electrons. The first-order valence-corrected chi connectivity index (χ1v) is 7.38. The van der Waals surface area contributed by atoms with Crippen LogP contribution in [0.3, 0.4) is 0 Å². The predicted octanol–water partition coefficient (Wildman–Crippen LogP) is 3.25. The number of carbonyl (C=O) groups is 1. The molecular formula is C17H13N3O4. The number of nitro groups is 1. The number of ketones is 1. The summed E-state index contributed by atoms with van der Waals surface area (Å²) in [6, 6.07) is 11.9. The smallest absolute Gasteiger partial charge is 0.271 e. The number of ether oxygens (including phenoxy) is 1. The van der Waals surface area contributed by atoms with E-state index >= 15 is 0 Å². The molecule has 7 heteroatoms. The lowest BCUT2D eigenvalue weighted by molar-refractivity contribution is -0.384. The molecule has 0 spiro atoms. The van der Waals surface area contributed by atoms with Gasteiger partial charge in [0.25, 0.3) is 5.69 Å². The molecule has 7 nitrogen and oxygen atoms in total. The van der Waals surface area contributed by atoms with E-state index in [2.05, 4.69) is 10.6 Å². The molecule has 2 heterocycles. The van der Waals surface area contributed by atoms with E-state index in [0.717, 1.165) is 11.1 Å². The number of Topliss-reactive ketones (excluding diaryl/α,β-unsaturated/α-hetero) is 1. The zero-order valence-electron chi connectivity index (χ0n) is 12.7. The molecule has 2 aromatic rings. The number of hydrogen-bond acceptors (Lipinski definition) is 6. The molecule has 24 heavy (non-hydrogen) atoms. The molecule has 0 fully saturated rings. The maximum Gasteiger partial charge on any atom is 0.271 e. The van der Waals surface area contributed by atoms with Crippen LogP contribution in [0.5, 0.6) is 0 Å². The highest BCUT2D eigenvalue weighted by molar-refractivity contribution is 6.06. The molecule has 2 N–H and O–H groups in total. The fourth-order valence-electron chi connectivity index (χ4n) is 2.88. The van der Waals surface area contributed by atoms with Crippen molar-refractivity contribution in [3.05, 3.63) is 75.3 Å². The van der Waals surface area contributed by atoms with Crippen LogP contribution in [0.2, 0.25) is 0 Å². The lowest BCUT2D eigenvalue weighted by Crippen LogP contribution is -2.18. The monoisotopic (exact) mass is 323 g/mol. The van der Waals surface area contributed by atoms with Gasteiger partial charge in [-0.1, -0.05) is 24.3 Å². The second kappa shape index (κ2) is 5.09. The van der Waals surface area contributed by atoms with E-state index in [-0.39, 0.29) is 11.5 Å². The molecule has 0 aliphatic carbocycles. The van der Waals surface area contributed by atoms with Crippen molar-refractivity contribution in [2.24, 2.45) is 0 Å². The molecule has 0 radical (unpaired) electrons. The highest BCUT2D eigenvalue weighted by atomic mass is 16.6. The van der Waals surface area contributed by atoms with Crippen molar-refractivity contribution in [1.29, 1.82) is 0 Å². The Balaban J connectivity index is 1.67. The van der Waals surface area contributed by atoms with Gasteiger partial charge in [0.15, 0.2) is 6.10 Å². The summed E-state index contributed by atoms with van der Waals surface area (Å²) in [5.74, 6) is 0.122. The SMILES string of the molecule is Cc1ccccc1[C@@H]1OC2=C(Nc3ccc([N+](=O)[O-])cc3N2)C1=O. The Hall–Kier alpha value is -3.35. The number of nitrogens with zero attached hydrogens (tertiary/aromatic N) is 1. The Labute approximate surface area is 137 Å². The highest BCUT2D eigenvalue weighted by Gasteiger charge is 2.39. The van der Waals surface area contributed by atoms with Crippen molar-refractivity contribution in [2.75, 3.05) is 10.6 Å². The summed E-state index contributed by atoms with van der Waals surface area (Å²) >= 11 is 0. The Morgan fingerprint density at radius 3 is 2.67 bits per heavy atom. The minimum atomic E-state index is -0.722. The molecule has 0 amide bonds. The van der Waals surface area contributed by atoms with E-state index in [1.165, 1.54) is 12.1 Å². The number of fused-ring (bicyclic) bond motifs is 1. The van der Waals surface area contributed by atoms with Crippen molar-refractivity contribution in [1.82, 2.24) is 0 Å². The topological polar surface area (TPSA) is 93.5 Å². The molecule has 0 aromatic heterocycles. The second-order valence-electron chi connectivity index (χ2n) is 5.66. The van der Waals surface area contributed by atoms with Gasteiger partial charge < -0.3 is 15.4 Å². The fourth-order valence-corrected chi connectivity index (χ4v) is 2.88. The lowest BCUT2D eigenvalue weighted by Gasteiger charge is -2.19. The first kappa shape index (κ1) is 14.3. The Morgan fingerprint density at radius 2 is 1.92 bits per heavy atom.